The number of hydrogen-bond acceptors (Lipinski definition) is 4. The third kappa shape index (κ3) is 30.1. The first kappa shape index (κ1) is 59.8. The first-order chi connectivity index (χ1) is 34.3. The highest BCUT2D eigenvalue weighted by Gasteiger charge is 2.37. The molecule has 4 nitrogen and oxygen atoms in total. The second kappa shape index (κ2) is 42.7. The summed E-state index contributed by atoms with van der Waals surface area (Å²) < 4.78 is 5.64. The van der Waals surface area contributed by atoms with E-state index in [0.29, 0.717) is 12.0 Å². The Bertz CT molecular complexity index is 1280. The lowest BCUT2D eigenvalue weighted by molar-refractivity contribution is -0.134. The summed E-state index contributed by atoms with van der Waals surface area (Å²) in [4.78, 5) is 15.4. The third-order valence-corrected chi connectivity index (χ3v) is 17.2. The van der Waals surface area contributed by atoms with Crippen LogP contribution >= 0.6 is 0 Å². The first-order valence-corrected chi connectivity index (χ1v) is 31.7. The Kier molecular flexibility index (Phi) is 37.0. The molecule has 398 valence electrons. The van der Waals surface area contributed by atoms with E-state index in [1.165, 1.54) is 328 Å². The number of esters is 1. The number of nitrogens with one attached hydrogen (secondary N) is 1. The Morgan fingerprint density at radius 1 is 0.348 bits per heavy atom. The lowest BCUT2D eigenvalue weighted by Gasteiger charge is -2.43. The van der Waals surface area contributed by atoms with Crippen LogP contribution in [0.2, 0.25) is 0 Å². The van der Waals surface area contributed by atoms with Crippen LogP contribution in [0.4, 0.5) is 0 Å². The zero-order chi connectivity index (χ0) is 48.2. The van der Waals surface area contributed by atoms with Gasteiger partial charge < -0.3 is 15.0 Å². The number of benzene rings is 1. The Balaban J connectivity index is 1.09. The number of hydrogen-bond donors (Lipinski definition) is 1. The lowest BCUT2D eigenvalue weighted by Crippen LogP contribution is -2.41. The summed E-state index contributed by atoms with van der Waals surface area (Å²) in [6.07, 6.45) is 72.2. The van der Waals surface area contributed by atoms with Gasteiger partial charge in [0, 0.05) is 13.1 Å². The SMILES string of the molecule is O=C1OCC(N2CCC3(CCCCCCCCCCCCCCCCCCCCCCCCCCCCCCCCCCCCCCCCCCCCCCCCNCC3)CC2)=C1c1ccccc1. The number of piperidine rings is 1. The lowest BCUT2D eigenvalue weighted by atomic mass is 9.71. The van der Waals surface area contributed by atoms with Crippen LogP contribution in [0, 0.1) is 5.41 Å². The quantitative estimate of drug-likeness (QED) is 0.300. The van der Waals surface area contributed by atoms with Gasteiger partial charge in [0.25, 0.3) is 0 Å². The Hall–Kier alpha value is -1.81. The topological polar surface area (TPSA) is 41.6 Å². The van der Waals surface area contributed by atoms with E-state index in [1.807, 2.05) is 18.2 Å². The molecule has 0 amide bonds. The van der Waals surface area contributed by atoms with E-state index in [9.17, 15) is 4.79 Å². The highest BCUT2D eigenvalue weighted by atomic mass is 16.5. The molecule has 3 aliphatic heterocycles. The monoisotopic (exact) mass is 957 g/mol. The number of carbonyl (C=O) groups is 1. The van der Waals surface area contributed by atoms with Gasteiger partial charge in [0.2, 0.25) is 0 Å². The van der Waals surface area contributed by atoms with E-state index in [-0.39, 0.29) is 5.97 Å². The molecule has 1 aromatic rings. The largest absolute Gasteiger partial charge is 0.456 e. The molecular formula is C65H116N2O2. The van der Waals surface area contributed by atoms with Crippen LogP contribution in [0.1, 0.15) is 327 Å². The van der Waals surface area contributed by atoms with Crippen LogP contribution in [0.3, 0.4) is 0 Å². The van der Waals surface area contributed by atoms with Gasteiger partial charge >= 0.3 is 5.97 Å². The predicted molar refractivity (Wildman–Crippen MR) is 302 cm³/mol. The Morgan fingerprint density at radius 2 is 0.652 bits per heavy atom. The standard InChI is InChI=1S/C65H116N2O2/c68-64-63(61-50-46-45-47-51-61)62(60-69-64)67-58-54-65(55-59-67)52-48-43-41-39-37-35-33-31-29-27-25-23-21-19-17-15-13-11-9-7-5-3-1-2-4-6-8-10-12-14-16-18-20-22-24-26-28-30-32-34-36-38-40-42-44-49-56-66-57-53-65/h45-47,50-51,66H,1-44,48-49,52-60H2. The van der Waals surface area contributed by atoms with Crippen molar-refractivity contribution in [2.45, 2.75) is 321 Å². The van der Waals surface area contributed by atoms with Crippen LogP contribution in [0.5, 0.6) is 0 Å². The molecule has 0 atom stereocenters. The van der Waals surface area contributed by atoms with Crippen LogP contribution in [0.25, 0.3) is 5.57 Å². The van der Waals surface area contributed by atoms with Crippen molar-refractivity contribution in [3.63, 3.8) is 0 Å². The number of carbonyl (C=O) groups excluding carboxylic acids is 1. The summed E-state index contributed by atoms with van der Waals surface area (Å²) in [5.74, 6) is -0.150. The van der Waals surface area contributed by atoms with Crippen molar-refractivity contribution in [2.75, 3.05) is 32.8 Å². The molecule has 0 bridgehead atoms. The molecule has 0 aliphatic carbocycles. The van der Waals surface area contributed by atoms with Crippen molar-refractivity contribution in [1.29, 1.82) is 0 Å². The summed E-state index contributed by atoms with van der Waals surface area (Å²) in [5, 5.41) is 3.90. The molecule has 3 aliphatic rings. The maximum Gasteiger partial charge on any atom is 0.341 e. The molecule has 0 radical (unpaired) electrons. The highest BCUT2D eigenvalue weighted by Crippen LogP contribution is 2.42. The molecule has 3 heterocycles. The van der Waals surface area contributed by atoms with E-state index in [1.54, 1.807) is 0 Å². The van der Waals surface area contributed by atoms with Crippen LogP contribution in [-0.2, 0) is 9.53 Å². The van der Waals surface area contributed by atoms with E-state index >= 15 is 0 Å². The molecule has 1 aromatic carbocycles. The van der Waals surface area contributed by atoms with Gasteiger partial charge in [-0.3, -0.25) is 0 Å². The van der Waals surface area contributed by atoms with Crippen molar-refractivity contribution < 1.29 is 9.53 Å². The van der Waals surface area contributed by atoms with Gasteiger partial charge in [-0.2, -0.15) is 0 Å². The average molecular weight is 958 g/mol. The molecule has 0 aromatic heterocycles. The minimum Gasteiger partial charge on any atom is -0.456 e. The molecule has 0 saturated carbocycles. The second-order valence-corrected chi connectivity index (χ2v) is 23.3. The number of likely N-dealkylation sites (tertiary alicyclic amines) is 1. The molecule has 69 heavy (non-hydrogen) atoms. The fourth-order valence-electron chi connectivity index (χ4n) is 12.4. The number of cyclic esters (lactones) is 1. The van der Waals surface area contributed by atoms with Crippen molar-refractivity contribution in [1.82, 2.24) is 10.2 Å². The molecule has 1 N–H and O–H groups in total. The van der Waals surface area contributed by atoms with Crippen LogP contribution < -0.4 is 5.32 Å². The van der Waals surface area contributed by atoms with Crippen molar-refractivity contribution in [2.24, 2.45) is 5.41 Å². The Morgan fingerprint density at radius 3 is 0.986 bits per heavy atom. The summed E-state index contributed by atoms with van der Waals surface area (Å²) in [6, 6.07) is 10.2. The molecule has 1 spiro atoms. The Labute approximate surface area is 430 Å². The van der Waals surface area contributed by atoms with Gasteiger partial charge in [0.15, 0.2) is 0 Å². The van der Waals surface area contributed by atoms with Crippen molar-refractivity contribution in [3.8, 4) is 0 Å². The normalized spacial score (nSPS) is 24.1. The summed E-state index contributed by atoms with van der Waals surface area (Å²) in [7, 11) is 0. The maximum absolute atomic E-state index is 12.9. The van der Waals surface area contributed by atoms with Crippen LogP contribution in [-0.4, -0.2) is 43.7 Å². The molecule has 4 heteroatoms. The molecule has 2 saturated heterocycles. The van der Waals surface area contributed by atoms with Gasteiger partial charge in [-0.25, -0.2) is 4.79 Å². The van der Waals surface area contributed by atoms with E-state index in [0.717, 1.165) is 36.5 Å². The van der Waals surface area contributed by atoms with E-state index < -0.39 is 0 Å². The summed E-state index contributed by atoms with van der Waals surface area (Å²) in [5.41, 5.74) is 3.34. The van der Waals surface area contributed by atoms with Crippen molar-refractivity contribution >= 4 is 11.5 Å². The van der Waals surface area contributed by atoms with Gasteiger partial charge in [0.05, 0.1) is 11.3 Å². The fourth-order valence-corrected chi connectivity index (χ4v) is 12.4. The second-order valence-electron chi connectivity index (χ2n) is 23.3. The minimum atomic E-state index is -0.150. The molecular weight excluding hydrogens is 841 g/mol. The molecule has 2 fully saturated rings. The van der Waals surface area contributed by atoms with E-state index in [4.69, 9.17) is 4.74 Å². The molecule has 0 unspecified atom stereocenters. The van der Waals surface area contributed by atoms with Crippen LogP contribution in [0.15, 0.2) is 36.0 Å². The fraction of sp³-hybridized carbons (Fsp3) is 0.862. The molecule has 4 rings (SSSR count). The van der Waals surface area contributed by atoms with Crippen molar-refractivity contribution in [3.05, 3.63) is 41.6 Å². The zero-order valence-electron chi connectivity index (χ0n) is 46.0. The van der Waals surface area contributed by atoms with Gasteiger partial charge in [0.1, 0.15) is 6.61 Å². The van der Waals surface area contributed by atoms with Gasteiger partial charge in [-0.15, -0.1) is 0 Å². The summed E-state index contributed by atoms with van der Waals surface area (Å²) >= 11 is 0. The highest BCUT2D eigenvalue weighted by molar-refractivity contribution is 6.19. The van der Waals surface area contributed by atoms with E-state index in [2.05, 4.69) is 22.3 Å². The smallest absolute Gasteiger partial charge is 0.341 e. The maximum atomic E-state index is 12.9. The minimum absolute atomic E-state index is 0.150. The van der Waals surface area contributed by atoms with Gasteiger partial charge in [-0.05, 0) is 56.2 Å². The first-order valence-electron chi connectivity index (χ1n) is 31.7. The zero-order valence-corrected chi connectivity index (χ0v) is 46.0. The summed E-state index contributed by atoms with van der Waals surface area (Å²) in [6.45, 7) is 4.84. The number of rotatable bonds is 2. The number of nitrogens with zero attached hydrogens (tertiary/aromatic N) is 1. The third-order valence-electron chi connectivity index (χ3n) is 17.2. The predicted octanol–water partition coefficient (Wildman–Crippen LogP) is 20.4. The number of ether oxygens (including phenoxy) is 1. The average Bonchev–Trinajstić information content (AvgIpc) is 3.76. The van der Waals surface area contributed by atoms with Gasteiger partial charge in [-0.1, -0.05) is 319 Å².